The summed E-state index contributed by atoms with van der Waals surface area (Å²) in [5.41, 5.74) is 7.67. The lowest BCUT2D eigenvalue weighted by Gasteiger charge is -2.14. The summed E-state index contributed by atoms with van der Waals surface area (Å²) < 4.78 is 2.47. The number of aromatic nitrogens is 2. The maximum atomic E-state index is 5.05. The normalized spacial score (nSPS) is 11.5. The number of para-hydroxylation sites is 1. The molecule has 0 N–H and O–H groups in total. The maximum absolute atomic E-state index is 5.05. The number of nitrogens with zero attached hydrogens (tertiary/aromatic N) is 3. The zero-order valence-corrected chi connectivity index (χ0v) is 19.0. The molecule has 0 aliphatic rings. The van der Waals surface area contributed by atoms with Crippen LogP contribution in [0.3, 0.4) is 0 Å². The van der Waals surface area contributed by atoms with E-state index < -0.39 is 0 Å². The van der Waals surface area contributed by atoms with Gasteiger partial charge < -0.3 is 9.47 Å². The summed E-state index contributed by atoms with van der Waals surface area (Å²) in [6.07, 6.45) is 4.42. The lowest BCUT2D eigenvalue weighted by atomic mass is 10.0. The smallest absolute Gasteiger partial charge is 0.110 e. The van der Waals surface area contributed by atoms with Crippen LogP contribution in [0.25, 0.3) is 22.2 Å². The molecule has 0 saturated heterocycles. The molecular formula is C28H33N3. The number of likely N-dealkylation sites (N-methyl/N-ethyl adjacent to an activating group) is 1. The van der Waals surface area contributed by atoms with Crippen molar-refractivity contribution in [2.45, 2.75) is 39.2 Å². The molecule has 4 rings (SSSR count). The Hall–Kier alpha value is -2.91. The minimum Gasteiger partial charge on any atom is -0.323 e. The molecule has 3 nitrogen and oxygen atoms in total. The molecule has 0 bridgehead atoms. The van der Waals surface area contributed by atoms with Crippen LogP contribution in [0.1, 0.15) is 36.7 Å². The van der Waals surface area contributed by atoms with Crippen molar-refractivity contribution in [1.82, 2.24) is 14.5 Å². The van der Waals surface area contributed by atoms with Gasteiger partial charge in [0.15, 0.2) is 0 Å². The van der Waals surface area contributed by atoms with E-state index in [0.29, 0.717) is 0 Å². The van der Waals surface area contributed by atoms with Crippen molar-refractivity contribution < 1.29 is 0 Å². The van der Waals surface area contributed by atoms with E-state index in [-0.39, 0.29) is 0 Å². The van der Waals surface area contributed by atoms with E-state index in [1.54, 1.807) is 0 Å². The summed E-state index contributed by atoms with van der Waals surface area (Å²) >= 11 is 0. The first-order chi connectivity index (χ1) is 15.2. The topological polar surface area (TPSA) is 21.1 Å². The quantitative estimate of drug-likeness (QED) is 0.327. The molecule has 3 aromatic carbocycles. The highest BCUT2D eigenvalue weighted by Gasteiger charge is 2.14. The standard InChI is InChI=1S/C28H33N3/c1-4-5-14-27-29-26-13-9-12-25(19-20-30(2)3)28(26)31(27)21-22-15-17-24(18-16-22)23-10-7-6-8-11-23/h6-13,15-18H,4-5,14,19-21H2,1-3H3. The Bertz CT molecular complexity index is 1110. The van der Waals surface area contributed by atoms with Crippen LogP contribution in [0.4, 0.5) is 0 Å². The monoisotopic (exact) mass is 411 g/mol. The zero-order valence-electron chi connectivity index (χ0n) is 19.0. The number of rotatable bonds is 9. The number of imidazole rings is 1. The second-order valence-electron chi connectivity index (χ2n) is 8.62. The first-order valence-electron chi connectivity index (χ1n) is 11.4. The van der Waals surface area contributed by atoms with E-state index in [4.69, 9.17) is 4.98 Å². The Morgan fingerprint density at radius 2 is 1.55 bits per heavy atom. The highest BCUT2D eigenvalue weighted by Crippen LogP contribution is 2.25. The Morgan fingerprint density at radius 3 is 2.26 bits per heavy atom. The third-order valence-electron chi connectivity index (χ3n) is 5.91. The molecule has 0 aliphatic heterocycles. The van der Waals surface area contributed by atoms with Crippen molar-refractivity contribution in [3.05, 3.63) is 89.7 Å². The largest absolute Gasteiger partial charge is 0.323 e. The highest BCUT2D eigenvalue weighted by molar-refractivity contribution is 5.80. The summed E-state index contributed by atoms with van der Waals surface area (Å²) in [6, 6.07) is 26.2. The van der Waals surface area contributed by atoms with Crippen molar-refractivity contribution in [2.24, 2.45) is 0 Å². The Kier molecular flexibility index (Phi) is 6.83. The second kappa shape index (κ2) is 9.93. The summed E-state index contributed by atoms with van der Waals surface area (Å²) in [5.74, 6) is 1.21. The molecular weight excluding hydrogens is 378 g/mol. The fourth-order valence-electron chi connectivity index (χ4n) is 4.17. The van der Waals surface area contributed by atoms with Gasteiger partial charge in [-0.2, -0.15) is 0 Å². The van der Waals surface area contributed by atoms with Gasteiger partial charge in [0.1, 0.15) is 5.82 Å². The molecule has 0 unspecified atom stereocenters. The molecule has 0 amide bonds. The van der Waals surface area contributed by atoms with Gasteiger partial charge in [-0.3, -0.25) is 0 Å². The van der Waals surface area contributed by atoms with Crippen molar-refractivity contribution in [3.8, 4) is 11.1 Å². The fourth-order valence-corrected chi connectivity index (χ4v) is 4.17. The van der Waals surface area contributed by atoms with Crippen LogP contribution >= 0.6 is 0 Å². The van der Waals surface area contributed by atoms with Crippen LogP contribution in [0, 0.1) is 0 Å². The summed E-state index contributed by atoms with van der Waals surface area (Å²) in [7, 11) is 4.27. The van der Waals surface area contributed by atoms with E-state index in [9.17, 15) is 0 Å². The predicted molar refractivity (Wildman–Crippen MR) is 132 cm³/mol. The maximum Gasteiger partial charge on any atom is 0.110 e. The van der Waals surface area contributed by atoms with Crippen molar-refractivity contribution in [2.75, 3.05) is 20.6 Å². The van der Waals surface area contributed by atoms with Gasteiger partial charge in [-0.05, 0) is 55.3 Å². The molecule has 31 heavy (non-hydrogen) atoms. The number of hydrogen-bond donors (Lipinski definition) is 0. The van der Waals surface area contributed by atoms with Crippen LogP contribution in [-0.2, 0) is 19.4 Å². The van der Waals surface area contributed by atoms with Crippen molar-refractivity contribution in [3.63, 3.8) is 0 Å². The zero-order chi connectivity index (χ0) is 21.6. The summed E-state index contributed by atoms with van der Waals surface area (Å²) in [4.78, 5) is 7.30. The van der Waals surface area contributed by atoms with Gasteiger partial charge in [-0.15, -0.1) is 0 Å². The van der Waals surface area contributed by atoms with Crippen LogP contribution in [0.2, 0.25) is 0 Å². The van der Waals surface area contributed by atoms with Crippen LogP contribution < -0.4 is 0 Å². The average Bonchev–Trinajstić information content (AvgIpc) is 3.15. The van der Waals surface area contributed by atoms with E-state index >= 15 is 0 Å². The van der Waals surface area contributed by atoms with Gasteiger partial charge in [0, 0.05) is 19.5 Å². The predicted octanol–water partition coefficient (Wildman–Crippen LogP) is 6.20. The van der Waals surface area contributed by atoms with Gasteiger partial charge in [0.25, 0.3) is 0 Å². The third-order valence-corrected chi connectivity index (χ3v) is 5.91. The number of hydrogen-bond acceptors (Lipinski definition) is 2. The van der Waals surface area contributed by atoms with Crippen LogP contribution in [0.15, 0.2) is 72.8 Å². The molecule has 0 fully saturated rings. The lowest BCUT2D eigenvalue weighted by molar-refractivity contribution is 0.414. The Morgan fingerprint density at radius 1 is 0.806 bits per heavy atom. The first-order valence-corrected chi connectivity index (χ1v) is 11.4. The number of fused-ring (bicyclic) bond motifs is 1. The number of aryl methyl sites for hydroxylation is 1. The Labute approximate surface area is 186 Å². The molecule has 1 heterocycles. The number of unbranched alkanes of at least 4 members (excludes halogenated alkanes) is 1. The van der Waals surface area contributed by atoms with Gasteiger partial charge in [-0.1, -0.05) is 80.1 Å². The number of benzene rings is 3. The van der Waals surface area contributed by atoms with E-state index in [1.807, 2.05) is 0 Å². The molecule has 1 aromatic heterocycles. The third kappa shape index (κ3) is 5.05. The Balaban J connectivity index is 1.69. The van der Waals surface area contributed by atoms with Crippen molar-refractivity contribution >= 4 is 11.0 Å². The van der Waals surface area contributed by atoms with E-state index in [2.05, 4.69) is 103 Å². The second-order valence-corrected chi connectivity index (χ2v) is 8.62. The molecule has 0 aliphatic carbocycles. The van der Waals surface area contributed by atoms with Gasteiger partial charge >= 0.3 is 0 Å². The molecule has 4 aromatic rings. The molecule has 0 saturated carbocycles. The summed E-state index contributed by atoms with van der Waals surface area (Å²) in [5, 5.41) is 0. The molecule has 0 spiro atoms. The van der Waals surface area contributed by atoms with Gasteiger partial charge in [0.05, 0.1) is 11.0 Å². The van der Waals surface area contributed by atoms with Crippen LogP contribution in [-0.4, -0.2) is 35.1 Å². The lowest BCUT2D eigenvalue weighted by Crippen LogP contribution is -2.15. The molecule has 0 atom stereocenters. The van der Waals surface area contributed by atoms with Crippen LogP contribution in [0.5, 0.6) is 0 Å². The highest BCUT2D eigenvalue weighted by atomic mass is 15.1. The minimum atomic E-state index is 0.865. The van der Waals surface area contributed by atoms with E-state index in [1.165, 1.54) is 46.4 Å². The molecule has 160 valence electrons. The molecule has 3 heteroatoms. The first kappa shape index (κ1) is 21.3. The average molecular weight is 412 g/mol. The van der Waals surface area contributed by atoms with E-state index in [0.717, 1.165) is 31.4 Å². The van der Waals surface area contributed by atoms with Crippen molar-refractivity contribution in [1.29, 1.82) is 0 Å². The molecule has 0 radical (unpaired) electrons. The fraction of sp³-hybridized carbons (Fsp3) is 0.321. The minimum absolute atomic E-state index is 0.865. The SMILES string of the molecule is CCCCc1nc2cccc(CCN(C)C)c2n1Cc1ccc(-c2ccccc2)cc1. The van der Waals surface area contributed by atoms with Gasteiger partial charge in [0.2, 0.25) is 0 Å². The summed E-state index contributed by atoms with van der Waals surface area (Å²) in [6.45, 7) is 4.15. The van der Waals surface area contributed by atoms with Gasteiger partial charge in [-0.25, -0.2) is 4.98 Å².